The van der Waals surface area contributed by atoms with Gasteiger partial charge in [-0.25, -0.2) is 4.39 Å². The summed E-state index contributed by atoms with van der Waals surface area (Å²) in [5.74, 6) is 0.265. The van der Waals surface area contributed by atoms with Crippen molar-refractivity contribution in [3.8, 4) is 0 Å². The SMILES string of the molecule is CN=C(NCCN(C)CC(F)(F)F)N(C)Cc1ccc(F)cc1. The van der Waals surface area contributed by atoms with E-state index in [0.29, 0.717) is 19.0 Å². The lowest BCUT2D eigenvalue weighted by molar-refractivity contribution is -0.142. The monoisotopic (exact) mass is 334 g/mol. The van der Waals surface area contributed by atoms with Gasteiger partial charge in [0.2, 0.25) is 0 Å². The predicted octanol–water partition coefficient (Wildman–Crippen LogP) is 2.33. The molecule has 4 nitrogen and oxygen atoms in total. The van der Waals surface area contributed by atoms with Crippen LogP contribution in [-0.2, 0) is 6.54 Å². The minimum Gasteiger partial charge on any atom is -0.355 e. The highest BCUT2D eigenvalue weighted by Gasteiger charge is 2.28. The Bertz CT molecular complexity index is 499. The van der Waals surface area contributed by atoms with Gasteiger partial charge < -0.3 is 10.2 Å². The Morgan fingerprint density at radius 3 is 2.30 bits per heavy atom. The first-order chi connectivity index (χ1) is 10.7. The van der Waals surface area contributed by atoms with Crippen LogP contribution < -0.4 is 5.32 Å². The molecule has 8 heteroatoms. The van der Waals surface area contributed by atoms with E-state index >= 15 is 0 Å². The lowest BCUT2D eigenvalue weighted by atomic mass is 10.2. The quantitative estimate of drug-likeness (QED) is 0.492. The summed E-state index contributed by atoms with van der Waals surface area (Å²) < 4.78 is 49.6. The minimum atomic E-state index is -4.20. The molecule has 1 aromatic carbocycles. The van der Waals surface area contributed by atoms with E-state index in [1.807, 2.05) is 4.90 Å². The van der Waals surface area contributed by atoms with Gasteiger partial charge in [-0.2, -0.15) is 13.2 Å². The zero-order valence-corrected chi connectivity index (χ0v) is 13.5. The molecule has 1 rings (SSSR count). The van der Waals surface area contributed by atoms with E-state index in [2.05, 4.69) is 10.3 Å². The average Bonchev–Trinajstić information content (AvgIpc) is 2.44. The third-order valence-electron chi connectivity index (χ3n) is 3.13. The highest BCUT2D eigenvalue weighted by atomic mass is 19.4. The Hall–Kier alpha value is -1.83. The minimum absolute atomic E-state index is 0.239. The molecule has 0 atom stereocenters. The zero-order chi connectivity index (χ0) is 17.5. The van der Waals surface area contributed by atoms with Gasteiger partial charge in [0.25, 0.3) is 0 Å². The first-order valence-corrected chi connectivity index (χ1v) is 7.13. The third kappa shape index (κ3) is 7.83. The van der Waals surface area contributed by atoms with Crippen LogP contribution in [0.2, 0.25) is 0 Å². The van der Waals surface area contributed by atoms with Crippen molar-refractivity contribution in [2.75, 3.05) is 40.8 Å². The summed E-state index contributed by atoms with van der Waals surface area (Å²) in [5.41, 5.74) is 0.908. The largest absolute Gasteiger partial charge is 0.401 e. The molecule has 23 heavy (non-hydrogen) atoms. The van der Waals surface area contributed by atoms with Gasteiger partial charge in [-0.3, -0.25) is 9.89 Å². The first-order valence-electron chi connectivity index (χ1n) is 7.13. The molecule has 0 saturated carbocycles. The van der Waals surface area contributed by atoms with Crippen LogP contribution >= 0.6 is 0 Å². The number of benzene rings is 1. The number of alkyl halides is 3. The molecule has 0 aliphatic rings. The molecular formula is C15H22F4N4. The van der Waals surface area contributed by atoms with Crippen molar-refractivity contribution in [3.63, 3.8) is 0 Å². The normalized spacial score (nSPS) is 12.6. The van der Waals surface area contributed by atoms with E-state index in [1.165, 1.54) is 24.1 Å². The molecule has 0 aliphatic heterocycles. The summed E-state index contributed by atoms with van der Waals surface area (Å²) in [4.78, 5) is 7.10. The van der Waals surface area contributed by atoms with E-state index in [-0.39, 0.29) is 12.4 Å². The molecule has 0 fully saturated rings. The van der Waals surface area contributed by atoms with Gasteiger partial charge in [0.05, 0.1) is 6.54 Å². The molecule has 0 aromatic heterocycles. The van der Waals surface area contributed by atoms with Crippen molar-refractivity contribution < 1.29 is 17.6 Å². The van der Waals surface area contributed by atoms with Crippen molar-refractivity contribution >= 4 is 5.96 Å². The standard InChI is InChI=1S/C15H22F4N4/c1-20-14(21-8-9-22(2)11-15(17,18)19)23(3)10-12-4-6-13(16)7-5-12/h4-7H,8-11H2,1-3H3,(H,20,21). The van der Waals surface area contributed by atoms with Gasteiger partial charge in [0.15, 0.2) is 5.96 Å². The smallest absolute Gasteiger partial charge is 0.355 e. The van der Waals surface area contributed by atoms with Crippen molar-refractivity contribution in [2.45, 2.75) is 12.7 Å². The maximum absolute atomic E-state index is 12.9. The number of rotatable bonds is 6. The van der Waals surface area contributed by atoms with Gasteiger partial charge in [-0.15, -0.1) is 0 Å². The fraction of sp³-hybridized carbons (Fsp3) is 0.533. The van der Waals surface area contributed by atoms with Gasteiger partial charge in [-0.1, -0.05) is 12.1 Å². The number of hydrogen-bond acceptors (Lipinski definition) is 2. The Kier molecular flexibility index (Phi) is 7.28. The molecule has 0 amide bonds. The van der Waals surface area contributed by atoms with E-state index in [9.17, 15) is 17.6 Å². The van der Waals surface area contributed by atoms with Crippen LogP contribution in [0.5, 0.6) is 0 Å². The predicted molar refractivity (Wildman–Crippen MR) is 82.8 cm³/mol. The van der Waals surface area contributed by atoms with Crippen LogP contribution in [0.3, 0.4) is 0 Å². The zero-order valence-electron chi connectivity index (χ0n) is 13.5. The molecule has 0 saturated heterocycles. The molecule has 0 radical (unpaired) electrons. The highest BCUT2D eigenvalue weighted by molar-refractivity contribution is 5.79. The molecule has 0 spiro atoms. The number of likely N-dealkylation sites (N-methyl/N-ethyl adjacent to an activating group) is 1. The van der Waals surface area contributed by atoms with Crippen molar-refractivity contribution in [2.24, 2.45) is 4.99 Å². The summed E-state index contributed by atoms with van der Waals surface area (Å²) in [5, 5.41) is 3.01. The molecule has 0 unspecified atom stereocenters. The van der Waals surface area contributed by atoms with Crippen molar-refractivity contribution in [1.29, 1.82) is 0 Å². The Balaban J connectivity index is 2.43. The Morgan fingerprint density at radius 2 is 1.78 bits per heavy atom. The van der Waals surface area contributed by atoms with Gasteiger partial charge in [0, 0.05) is 33.7 Å². The van der Waals surface area contributed by atoms with Crippen LogP contribution in [0.25, 0.3) is 0 Å². The number of nitrogens with zero attached hydrogens (tertiary/aromatic N) is 3. The van der Waals surface area contributed by atoms with E-state index in [0.717, 1.165) is 5.56 Å². The van der Waals surface area contributed by atoms with E-state index in [1.54, 1.807) is 26.2 Å². The molecule has 1 N–H and O–H groups in total. The number of aliphatic imine (C=N–C) groups is 1. The molecule has 130 valence electrons. The first kappa shape index (κ1) is 19.2. The maximum atomic E-state index is 12.9. The summed E-state index contributed by atoms with van der Waals surface area (Å²) in [7, 11) is 4.82. The number of nitrogens with one attached hydrogen (secondary N) is 1. The molecular weight excluding hydrogens is 312 g/mol. The molecule has 0 heterocycles. The Morgan fingerprint density at radius 1 is 1.17 bits per heavy atom. The third-order valence-corrected chi connectivity index (χ3v) is 3.13. The summed E-state index contributed by atoms with van der Waals surface area (Å²) >= 11 is 0. The molecule has 1 aromatic rings. The van der Waals surface area contributed by atoms with E-state index < -0.39 is 12.7 Å². The van der Waals surface area contributed by atoms with Crippen molar-refractivity contribution in [1.82, 2.24) is 15.1 Å². The van der Waals surface area contributed by atoms with Crippen LogP contribution in [0.1, 0.15) is 5.56 Å². The second-order valence-electron chi connectivity index (χ2n) is 5.31. The number of hydrogen-bond donors (Lipinski definition) is 1. The lowest BCUT2D eigenvalue weighted by Crippen LogP contribution is -2.43. The highest BCUT2D eigenvalue weighted by Crippen LogP contribution is 2.15. The van der Waals surface area contributed by atoms with Crippen LogP contribution in [0.4, 0.5) is 17.6 Å². The fourth-order valence-electron chi connectivity index (χ4n) is 2.07. The van der Waals surface area contributed by atoms with Gasteiger partial charge in [-0.05, 0) is 24.7 Å². The second kappa shape index (κ2) is 8.71. The second-order valence-corrected chi connectivity index (χ2v) is 5.31. The van der Waals surface area contributed by atoms with Crippen LogP contribution in [-0.4, -0.2) is 62.7 Å². The van der Waals surface area contributed by atoms with Gasteiger partial charge >= 0.3 is 6.18 Å². The average molecular weight is 334 g/mol. The topological polar surface area (TPSA) is 30.9 Å². The number of guanidine groups is 1. The number of halogens is 4. The Labute approximate surface area is 133 Å². The van der Waals surface area contributed by atoms with E-state index in [4.69, 9.17) is 0 Å². The summed E-state index contributed by atoms with van der Waals surface area (Å²) in [6.07, 6.45) is -4.20. The molecule has 0 bridgehead atoms. The fourth-order valence-corrected chi connectivity index (χ4v) is 2.07. The lowest BCUT2D eigenvalue weighted by Gasteiger charge is -2.24. The van der Waals surface area contributed by atoms with Crippen LogP contribution in [0, 0.1) is 5.82 Å². The van der Waals surface area contributed by atoms with Crippen molar-refractivity contribution in [3.05, 3.63) is 35.6 Å². The summed E-state index contributed by atoms with van der Waals surface area (Å²) in [6, 6.07) is 6.11. The van der Waals surface area contributed by atoms with Crippen LogP contribution in [0.15, 0.2) is 29.3 Å². The maximum Gasteiger partial charge on any atom is 0.401 e. The van der Waals surface area contributed by atoms with Gasteiger partial charge in [0.1, 0.15) is 5.82 Å². The summed E-state index contributed by atoms with van der Waals surface area (Å²) in [6.45, 7) is 0.146. The molecule has 0 aliphatic carbocycles.